The molecular formula is C20H30N4O5. The van der Waals surface area contributed by atoms with E-state index in [0.717, 1.165) is 12.8 Å². The molecule has 2 fully saturated rings. The highest BCUT2D eigenvalue weighted by molar-refractivity contribution is 5.80. The van der Waals surface area contributed by atoms with Crippen LogP contribution >= 0.6 is 0 Å². The number of carbonyl (C=O) groups is 2. The summed E-state index contributed by atoms with van der Waals surface area (Å²) < 4.78 is 16.5. The summed E-state index contributed by atoms with van der Waals surface area (Å²) in [7, 11) is 1.51. The molecule has 0 bridgehead atoms. The summed E-state index contributed by atoms with van der Waals surface area (Å²) in [6.07, 6.45) is 4.85. The fourth-order valence-corrected chi connectivity index (χ4v) is 3.65. The van der Waals surface area contributed by atoms with Crippen molar-refractivity contribution in [1.82, 2.24) is 19.8 Å². The van der Waals surface area contributed by atoms with Crippen molar-refractivity contribution < 1.29 is 23.8 Å². The van der Waals surface area contributed by atoms with Crippen molar-refractivity contribution in [2.75, 3.05) is 33.3 Å². The maximum Gasteiger partial charge on any atom is 0.410 e. The molecule has 160 valence electrons. The monoisotopic (exact) mass is 406 g/mol. The van der Waals surface area contributed by atoms with Crippen LogP contribution in [0.1, 0.15) is 40.0 Å². The number of ether oxygens (including phenoxy) is 3. The van der Waals surface area contributed by atoms with Crippen molar-refractivity contribution in [2.45, 2.75) is 51.7 Å². The van der Waals surface area contributed by atoms with Crippen LogP contribution in [-0.2, 0) is 9.53 Å². The van der Waals surface area contributed by atoms with Crippen LogP contribution in [0.25, 0.3) is 0 Å². The molecule has 2 saturated heterocycles. The van der Waals surface area contributed by atoms with Crippen LogP contribution in [0.2, 0.25) is 0 Å². The lowest BCUT2D eigenvalue weighted by Crippen LogP contribution is -2.47. The first-order valence-corrected chi connectivity index (χ1v) is 10.0. The first-order chi connectivity index (χ1) is 13.8. The van der Waals surface area contributed by atoms with E-state index in [1.165, 1.54) is 13.3 Å². The number of piperidine rings is 1. The maximum absolute atomic E-state index is 13.0. The van der Waals surface area contributed by atoms with Gasteiger partial charge < -0.3 is 24.0 Å². The molecule has 2 atom stereocenters. The molecule has 1 aromatic heterocycles. The van der Waals surface area contributed by atoms with Crippen LogP contribution in [0, 0.1) is 5.92 Å². The molecule has 0 spiro atoms. The molecule has 3 heterocycles. The molecule has 0 saturated carbocycles. The van der Waals surface area contributed by atoms with E-state index < -0.39 is 5.60 Å². The third-order valence-electron chi connectivity index (χ3n) is 4.98. The van der Waals surface area contributed by atoms with E-state index in [-0.39, 0.29) is 24.0 Å². The third-order valence-corrected chi connectivity index (χ3v) is 4.98. The van der Waals surface area contributed by atoms with Crippen LogP contribution in [0.15, 0.2) is 12.4 Å². The van der Waals surface area contributed by atoms with E-state index in [9.17, 15) is 9.59 Å². The van der Waals surface area contributed by atoms with Gasteiger partial charge in [0, 0.05) is 38.4 Å². The molecular weight excluding hydrogens is 376 g/mol. The van der Waals surface area contributed by atoms with E-state index in [1.807, 2.05) is 25.7 Å². The van der Waals surface area contributed by atoms with E-state index in [1.54, 1.807) is 11.1 Å². The molecule has 9 heteroatoms. The first kappa shape index (κ1) is 21.1. The first-order valence-electron chi connectivity index (χ1n) is 10.0. The van der Waals surface area contributed by atoms with Gasteiger partial charge in [-0.2, -0.15) is 0 Å². The smallest absolute Gasteiger partial charge is 0.410 e. The molecule has 1 aromatic rings. The molecule has 3 rings (SSSR count). The highest BCUT2D eigenvalue weighted by Gasteiger charge is 2.36. The summed E-state index contributed by atoms with van der Waals surface area (Å²) in [5.74, 6) is 0.525. The summed E-state index contributed by atoms with van der Waals surface area (Å²) >= 11 is 0. The Balaban J connectivity index is 1.55. The Morgan fingerprint density at radius 2 is 1.76 bits per heavy atom. The quantitative estimate of drug-likeness (QED) is 0.756. The summed E-state index contributed by atoms with van der Waals surface area (Å²) in [5, 5.41) is 0. The molecule has 2 aliphatic heterocycles. The second kappa shape index (κ2) is 8.84. The Hall–Kier alpha value is -2.58. The van der Waals surface area contributed by atoms with E-state index >= 15 is 0 Å². The predicted molar refractivity (Wildman–Crippen MR) is 105 cm³/mol. The minimum absolute atomic E-state index is 0.0652. The van der Waals surface area contributed by atoms with E-state index in [0.29, 0.717) is 44.4 Å². The number of hydrogen-bond acceptors (Lipinski definition) is 7. The second-order valence-corrected chi connectivity index (χ2v) is 8.45. The zero-order chi connectivity index (χ0) is 21.0. The summed E-state index contributed by atoms with van der Waals surface area (Å²) in [6.45, 7) is 7.65. The van der Waals surface area contributed by atoms with Crippen molar-refractivity contribution in [3.63, 3.8) is 0 Å². The number of nitrogens with zero attached hydrogens (tertiary/aromatic N) is 4. The molecule has 2 aliphatic rings. The fourth-order valence-electron chi connectivity index (χ4n) is 3.65. The van der Waals surface area contributed by atoms with Gasteiger partial charge >= 0.3 is 6.09 Å². The van der Waals surface area contributed by atoms with Gasteiger partial charge in [-0.25, -0.2) is 14.8 Å². The predicted octanol–water partition coefficient (Wildman–Crippen LogP) is 2.11. The van der Waals surface area contributed by atoms with Gasteiger partial charge in [0.05, 0.1) is 19.6 Å². The number of likely N-dealkylation sites (tertiary alicyclic amines) is 2. The highest BCUT2D eigenvalue weighted by atomic mass is 16.6. The molecule has 2 unspecified atom stereocenters. The molecule has 0 aromatic carbocycles. The largest absolute Gasteiger partial charge is 0.477 e. The molecule has 9 nitrogen and oxygen atoms in total. The van der Waals surface area contributed by atoms with Crippen LogP contribution in [-0.4, -0.2) is 76.8 Å². The Kier molecular flexibility index (Phi) is 6.44. The van der Waals surface area contributed by atoms with Crippen LogP contribution < -0.4 is 9.47 Å². The number of methoxy groups -OCH3 is 1. The average Bonchev–Trinajstić information content (AvgIpc) is 3.15. The van der Waals surface area contributed by atoms with Crippen molar-refractivity contribution in [2.24, 2.45) is 5.92 Å². The Bertz CT molecular complexity index is 736. The van der Waals surface area contributed by atoms with Crippen molar-refractivity contribution in [3.05, 3.63) is 12.4 Å². The van der Waals surface area contributed by atoms with E-state index in [4.69, 9.17) is 14.2 Å². The summed E-state index contributed by atoms with van der Waals surface area (Å²) in [6, 6.07) is 0. The van der Waals surface area contributed by atoms with Gasteiger partial charge in [-0.3, -0.25) is 4.79 Å². The lowest BCUT2D eigenvalue weighted by Gasteiger charge is -2.35. The highest BCUT2D eigenvalue weighted by Crippen LogP contribution is 2.26. The molecule has 0 N–H and O–H groups in total. The Morgan fingerprint density at radius 1 is 1.03 bits per heavy atom. The Labute approximate surface area is 171 Å². The number of amides is 2. The zero-order valence-electron chi connectivity index (χ0n) is 17.6. The van der Waals surface area contributed by atoms with Crippen molar-refractivity contribution in [3.8, 4) is 11.8 Å². The summed E-state index contributed by atoms with van der Waals surface area (Å²) in [4.78, 5) is 37.1. The number of rotatable bonds is 4. The van der Waals surface area contributed by atoms with Crippen LogP contribution in [0.4, 0.5) is 4.79 Å². The van der Waals surface area contributed by atoms with Gasteiger partial charge in [0.2, 0.25) is 5.91 Å². The second-order valence-electron chi connectivity index (χ2n) is 8.45. The average molecular weight is 406 g/mol. The number of aromatic nitrogens is 2. The normalized spacial score (nSPS) is 22.3. The third kappa shape index (κ3) is 5.48. The molecule has 0 radical (unpaired) electrons. The van der Waals surface area contributed by atoms with Gasteiger partial charge in [0.25, 0.3) is 11.8 Å². The van der Waals surface area contributed by atoms with Crippen LogP contribution in [0.5, 0.6) is 11.8 Å². The van der Waals surface area contributed by atoms with Gasteiger partial charge in [0.15, 0.2) is 0 Å². The van der Waals surface area contributed by atoms with Crippen LogP contribution in [0.3, 0.4) is 0 Å². The topological polar surface area (TPSA) is 94.1 Å². The SMILES string of the molecule is COc1nccnc1OC1CCN(C(=O)C2CCCN(C(=O)OC(C)(C)C)C2)C1. The standard InChI is InChI=1S/C20H30N4O5/c1-20(2,3)29-19(26)24-10-5-6-14(12-24)18(25)23-11-7-15(13-23)28-17-16(27-4)21-8-9-22-17/h8-9,14-15H,5-7,10-13H2,1-4H3. The minimum atomic E-state index is -0.547. The fraction of sp³-hybridized carbons (Fsp3) is 0.700. The summed E-state index contributed by atoms with van der Waals surface area (Å²) in [5.41, 5.74) is -0.547. The molecule has 0 aliphatic carbocycles. The van der Waals surface area contributed by atoms with Gasteiger partial charge in [-0.15, -0.1) is 0 Å². The van der Waals surface area contributed by atoms with Crippen molar-refractivity contribution in [1.29, 1.82) is 0 Å². The molecule has 29 heavy (non-hydrogen) atoms. The van der Waals surface area contributed by atoms with Crippen molar-refractivity contribution >= 4 is 12.0 Å². The van der Waals surface area contributed by atoms with E-state index in [2.05, 4.69) is 9.97 Å². The van der Waals surface area contributed by atoms with Gasteiger partial charge in [0.1, 0.15) is 11.7 Å². The van der Waals surface area contributed by atoms with Gasteiger partial charge in [-0.05, 0) is 33.6 Å². The zero-order valence-corrected chi connectivity index (χ0v) is 17.6. The number of carbonyl (C=O) groups excluding carboxylic acids is 2. The molecule has 2 amide bonds. The number of hydrogen-bond donors (Lipinski definition) is 0. The lowest BCUT2D eigenvalue weighted by atomic mass is 9.97. The maximum atomic E-state index is 13.0. The van der Waals surface area contributed by atoms with Gasteiger partial charge in [-0.1, -0.05) is 0 Å². The minimum Gasteiger partial charge on any atom is -0.477 e. The Morgan fingerprint density at radius 3 is 2.45 bits per heavy atom. The lowest BCUT2D eigenvalue weighted by molar-refractivity contribution is -0.136.